The minimum Gasteiger partial charge on any atom is -0.313 e. The molecule has 2 unspecified atom stereocenters. The van der Waals surface area contributed by atoms with Crippen LogP contribution in [0.25, 0.3) is 0 Å². The lowest BCUT2D eigenvalue weighted by Gasteiger charge is -2.24. The molecule has 0 saturated carbocycles. The average molecular weight is 289 g/mol. The van der Waals surface area contributed by atoms with E-state index in [0.29, 0.717) is 6.04 Å². The van der Waals surface area contributed by atoms with Gasteiger partial charge in [0.05, 0.1) is 0 Å². The molecule has 1 nitrogen and oxygen atoms in total. The molecule has 1 aliphatic carbocycles. The fourth-order valence-corrected chi connectivity index (χ4v) is 4.95. The van der Waals surface area contributed by atoms with Crippen LogP contribution >= 0.6 is 11.8 Å². The van der Waals surface area contributed by atoms with Crippen LogP contribution in [0.2, 0.25) is 0 Å². The molecule has 1 aliphatic heterocycles. The van der Waals surface area contributed by atoms with Crippen molar-refractivity contribution in [1.82, 2.24) is 5.32 Å². The first kappa shape index (κ1) is 14.5. The smallest absolute Gasteiger partial charge is 0.0144 e. The van der Waals surface area contributed by atoms with Crippen LogP contribution in [0.15, 0.2) is 18.2 Å². The lowest BCUT2D eigenvalue weighted by Crippen LogP contribution is -2.38. The predicted octanol–water partition coefficient (Wildman–Crippen LogP) is 3.84. The van der Waals surface area contributed by atoms with Crippen molar-refractivity contribution in [2.75, 3.05) is 18.1 Å². The highest BCUT2D eigenvalue weighted by molar-refractivity contribution is 7.99. The largest absolute Gasteiger partial charge is 0.313 e. The number of hydrogen-bond acceptors (Lipinski definition) is 2. The van der Waals surface area contributed by atoms with E-state index in [0.717, 1.165) is 12.5 Å². The molecule has 1 heterocycles. The van der Waals surface area contributed by atoms with Crippen molar-refractivity contribution < 1.29 is 0 Å². The van der Waals surface area contributed by atoms with Crippen molar-refractivity contribution in [3.8, 4) is 0 Å². The number of nitrogens with one attached hydrogen (secondary N) is 1. The van der Waals surface area contributed by atoms with Crippen molar-refractivity contribution in [2.45, 2.75) is 51.5 Å². The zero-order valence-corrected chi connectivity index (χ0v) is 13.5. The molecule has 2 aliphatic rings. The number of hydrogen-bond donors (Lipinski definition) is 1. The first-order chi connectivity index (χ1) is 9.86. The Bertz CT molecular complexity index is 437. The Balaban J connectivity index is 1.68. The van der Waals surface area contributed by atoms with E-state index in [1.165, 1.54) is 50.0 Å². The number of rotatable bonds is 6. The van der Waals surface area contributed by atoms with E-state index >= 15 is 0 Å². The zero-order valence-electron chi connectivity index (χ0n) is 12.7. The highest BCUT2D eigenvalue weighted by Crippen LogP contribution is 2.29. The van der Waals surface area contributed by atoms with E-state index < -0.39 is 0 Å². The second-order valence-corrected chi connectivity index (χ2v) is 7.49. The molecule has 0 spiro atoms. The molecule has 1 N–H and O–H groups in total. The van der Waals surface area contributed by atoms with E-state index in [4.69, 9.17) is 0 Å². The van der Waals surface area contributed by atoms with E-state index in [-0.39, 0.29) is 0 Å². The van der Waals surface area contributed by atoms with Gasteiger partial charge in [0.25, 0.3) is 0 Å². The maximum absolute atomic E-state index is 3.81. The third kappa shape index (κ3) is 3.40. The highest BCUT2D eigenvalue weighted by Gasteiger charge is 2.25. The Morgan fingerprint density at radius 2 is 2.20 bits per heavy atom. The Labute approximate surface area is 127 Å². The minimum absolute atomic E-state index is 0.685. The summed E-state index contributed by atoms with van der Waals surface area (Å²) in [5.41, 5.74) is 4.77. The monoisotopic (exact) mass is 289 g/mol. The fraction of sp³-hybridized carbons (Fsp3) is 0.667. The first-order valence-corrected chi connectivity index (χ1v) is 9.44. The van der Waals surface area contributed by atoms with Gasteiger partial charge in [-0.2, -0.15) is 11.8 Å². The molecule has 0 amide bonds. The van der Waals surface area contributed by atoms with Crippen molar-refractivity contribution in [1.29, 1.82) is 0 Å². The number of benzene rings is 1. The van der Waals surface area contributed by atoms with Gasteiger partial charge in [0.2, 0.25) is 0 Å². The van der Waals surface area contributed by atoms with Gasteiger partial charge in [-0.15, -0.1) is 0 Å². The van der Waals surface area contributed by atoms with Crippen LogP contribution in [0, 0.1) is 5.92 Å². The number of fused-ring (bicyclic) bond motifs is 1. The van der Waals surface area contributed by atoms with Gasteiger partial charge in [-0.1, -0.05) is 25.1 Å². The number of thioether (sulfide) groups is 1. The van der Waals surface area contributed by atoms with Gasteiger partial charge in [0.15, 0.2) is 0 Å². The second-order valence-electron chi connectivity index (χ2n) is 6.35. The van der Waals surface area contributed by atoms with Crippen molar-refractivity contribution in [2.24, 2.45) is 5.92 Å². The molecule has 0 aromatic heterocycles. The fourth-order valence-electron chi connectivity index (χ4n) is 3.61. The summed E-state index contributed by atoms with van der Waals surface area (Å²) in [6, 6.07) is 7.94. The van der Waals surface area contributed by atoms with Crippen LogP contribution in [0.3, 0.4) is 0 Å². The SMILES string of the molecule is CCCNC(Cc1ccc2c(c1)CCC2)C1CCSC1. The van der Waals surface area contributed by atoms with Gasteiger partial charge in [0.1, 0.15) is 0 Å². The average Bonchev–Trinajstić information content (AvgIpc) is 3.13. The normalized spacial score (nSPS) is 22.9. The predicted molar refractivity (Wildman–Crippen MR) is 89.7 cm³/mol. The molecule has 110 valence electrons. The molecule has 2 heteroatoms. The molecule has 20 heavy (non-hydrogen) atoms. The van der Waals surface area contributed by atoms with E-state index in [9.17, 15) is 0 Å². The van der Waals surface area contributed by atoms with E-state index in [1.807, 2.05) is 0 Å². The van der Waals surface area contributed by atoms with Crippen LogP contribution in [-0.4, -0.2) is 24.1 Å². The third-order valence-electron chi connectivity index (χ3n) is 4.81. The molecule has 1 aromatic carbocycles. The van der Waals surface area contributed by atoms with E-state index in [2.05, 4.69) is 42.2 Å². The van der Waals surface area contributed by atoms with Gasteiger partial charge in [-0.25, -0.2) is 0 Å². The van der Waals surface area contributed by atoms with Crippen LogP contribution in [0.1, 0.15) is 42.9 Å². The second kappa shape index (κ2) is 7.00. The maximum atomic E-state index is 3.81. The van der Waals surface area contributed by atoms with Gasteiger partial charge in [-0.05, 0) is 79.2 Å². The molecule has 1 saturated heterocycles. The Hall–Kier alpha value is -0.470. The Morgan fingerprint density at radius 1 is 1.30 bits per heavy atom. The molecule has 1 fully saturated rings. The summed E-state index contributed by atoms with van der Waals surface area (Å²) in [6.07, 6.45) is 7.81. The van der Waals surface area contributed by atoms with Crippen LogP contribution in [0.5, 0.6) is 0 Å². The van der Waals surface area contributed by atoms with Crippen LogP contribution in [-0.2, 0) is 19.3 Å². The summed E-state index contributed by atoms with van der Waals surface area (Å²) < 4.78 is 0. The summed E-state index contributed by atoms with van der Waals surface area (Å²) in [5, 5.41) is 3.81. The van der Waals surface area contributed by atoms with Crippen LogP contribution < -0.4 is 5.32 Å². The topological polar surface area (TPSA) is 12.0 Å². The standard InChI is InChI=1S/C18H27NS/c1-2-9-19-18(17-8-10-20-13-17)12-14-6-7-15-4-3-5-16(15)11-14/h6-7,11,17-19H,2-5,8-10,12-13H2,1H3. The summed E-state index contributed by atoms with van der Waals surface area (Å²) in [5.74, 6) is 3.59. The minimum atomic E-state index is 0.685. The molecule has 0 bridgehead atoms. The van der Waals surface area contributed by atoms with Gasteiger partial charge in [-0.3, -0.25) is 0 Å². The van der Waals surface area contributed by atoms with Crippen molar-refractivity contribution >= 4 is 11.8 Å². The molecule has 1 aromatic rings. The summed E-state index contributed by atoms with van der Waals surface area (Å²) in [4.78, 5) is 0. The number of aryl methyl sites for hydroxylation is 2. The maximum Gasteiger partial charge on any atom is 0.0144 e. The van der Waals surface area contributed by atoms with Crippen molar-refractivity contribution in [3.63, 3.8) is 0 Å². The zero-order chi connectivity index (χ0) is 13.8. The molecular formula is C18H27NS. The molecule has 2 atom stereocenters. The molecular weight excluding hydrogens is 262 g/mol. The van der Waals surface area contributed by atoms with Crippen LogP contribution in [0.4, 0.5) is 0 Å². The summed E-state index contributed by atoms with van der Waals surface area (Å²) in [7, 11) is 0. The molecule has 0 radical (unpaired) electrons. The third-order valence-corrected chi connectivity index (χ3v) is 6.00. The lowest BCUT2D eigenvalue weighted by atomic mass is 9.91. The van der Waals surface area contributed by atoms with Gasteiger partial charge in [0, 0.05) is 6.04 Å². The van der Waals surface area contributed by atoms with Gasteiger partial charge < -0.3 is 5.32 Å². The lowest BCUT2D eigenvalue weighted by molar-refractivity contribution is 0.380. The summed E-state index contributed by atoms with van der Waals surface area (Å²) >= 11 is 2.13. The highest BCUT2D eigenvalue weighted by atomic mass is 32.2. The quantitative estimate of drug-likeness (QED) is 0.854. The first-order valence-electron chi connectivity index (χ1n) is 8.28. The Morgan fingerprint density at radius 3 is 3.00 bits per heavy atom. The Kier molecular flexibility index (Phi) is 5.06. The molecule has 3 rings (SSSR count). The van der Waals surface area contributed by atoms with Crippen molar-refractivity contribution in [3.05, 3.63) is 34.9 Å². The van der Waals surface area contributed by atoms with Gasteiger partial charge >= 0.3 is 0 Å². The van der Waals surface area contributed by atoms with E-state index in [1.54, 1.807) is 16.7 Å². The summed E-state index contributed by atoms with van der Waals surface area (Å²) in [6.45, 7) is 3.43.